The Morgan fingerprint density at radius 3 is 2.44 bits per heavy atom. The van der Waals surface area contributed by atoms with Crippen LogP contribution in [0.3, 0.4) is 0 Å². The topological polar surface area (TPSA) is 64.5 Å². The zero-order chi connectivity index (χ0) is 17.8. The third-order valence-electron chi connectivity index (χ3n) is 4.54. The maximum Gasteiger partial charge on any atom is 0.167 e. The molecule has 1 atom stereocenters. The van der Waals surface area contributed by atoms with Crippen molar-refractivity contribution in [1.29, 1.82) is 0 Å². The molecule has 0 bridgehead atoms. The molecule has 5 heteroatoms. The average molecular weight is 344 g/mol. The largest absolute Gasteiger partial charge is 0.504 e. The van der Waals surface area contributed by atoms with E-state index in [9.17, 15) is 5.11 Å². The number of ether oxygens (including phenoxy) is 3. The van der Waals surface area contributed by atoms with Crippen molar-refractivity contribution in [3.63, 3.8) is 0 Å². The van der Waals surface area contributed by atoms with E-state index in [2.05, 4.69) is 17.4 Å². The number of aromatic hydroxyl groups is 1. The molecular formula is C20H26NO4+. The zero-order valence-corrected chi connectivity index (χ0v) is 15.0. The summed E-state index contributed by atoms with van der Waals surface area (Å²) >= 11 is 0. The quantitative estimate of drug-likeness (QED) is 0.845. The molecule has 1 aliphatic rings. The van der Waals surface area contributed by atoms with Crippen molar-refractivity contribution in [3.05, 3.63) is 47.0 Å². The van der Waals surface area contributed by atoms with Gasteiger partial charge in [0.05, 0.1) is 32.4 Å². The maximum absolute atomic E-state index is 10.6. The van der Waals surface area contributed by atoms with Crippen LogP contribution < -0.4 is 19.5 Å². The van der Waals surface area contributed by atoms with Crippen LogP contribution in [-0.2, 0) is 6.42 Å². The first kappa shape index (κ1) is 17.4. The molecule has 0 radical (unpaired) electrons. The van der Waals surface area contributed by atoms with Gasteiger partial charge in [-0.05, 0) is 43.7 Å². The van der Waals surface area contributed by atoms with Crippen LogP contribution in [0.4, 0.5) is 0 Å². The van der Waals surface area contributed by atoms with Gasteiger partial charge in [-0.15, -0.1) is 0 Å². The number of nitrogens with two attached hydrogens (primary N) is 1. The average Bonchev–Trinajstić information content (AvgIpc) is 2.62. The molecule has 2 aromatic carbocycles. The second-order valence-electron chi connectivity index (χ2n) is 6.01. The molecule has 0 fully saturated rings. The predicted molar refractivity (Wildman–Crippen MR) is 95.8 cm³/mol. The molecule has 0 aromatic heterocycles. The minimum atomic E-state index is 0.00809. The fourth-order valence-electron chi connectivity index (χ4n) is 3.44. The van der Waals surface area contributed by atoms with Crippen LogP contribution in [0, 0.1) is 0 Å². The first-order valence-corrected chi connectivity index (χ1v) is 8.81. The number of fused-ring (bicyclic) bond motifs is 1. The van der Waals surface area contributed by atoms with Crippen molar-refractivity contribution in [2.24, 2.45) is 0 Å². The third-order valence-corrected chi connectivity index (χ3v) is 4.54. The van der Waals surface area contributed by atoms with E-state index < -0.39 is 0 Å². The lowest BCUT2D eigenvalue weighted by Crippen LogP contribution is -2.87. The number of hydrogen-bond acceptors (Lipinski definition) is 4. The van der Waals surface area contributed by atoms with Gasteiger partial charge in [0.2, 0.25) is 0 Å². The molecule has 0 aliphatic carbocycles. The molecule has 25 heavy (non-hydrogen) atoms. The Bertz CT molecular complexity index is 745. The molecule has 3 rings (SSSR count). The summed E-state index contributed by atoms with van der Waals surface area (Å²) in [5.74, 6) is 2.24. The van der Waals surface area contributed by atoms with Gasteiger partial charge in [-0.1, -0.05) is 6.07 Å². The van der Waals surface area contributed by atoms with E-state index in [0.717, 1.165) is 35.6 Å². The lowest BCUT2D eigenvalue weighted by Gasteiger charge is -2.26. The number of rotatable bonds is 6. The summed E-state index contributed by atoms with van der Waals surface area (Å²) in [5.41, 5.74) is 3.25. The van der Waals surface area contributed by atoms with Crippen LogP contribution in [0.15, 0.2) is 30.3 Å². The fraction of sp³-hybridized carbons (Fsp3) is 0.400. The zero-order valence-electron chi connectivity index (χ0n) is 15.0. The van der Waals surface area contributed by atoms with E-state index in [1.54, 1.807) is 13.2 Å². The van der Waals surface area contributed by atoms with Crippen molar-refractivity contribution in [3.8, 4) is 23.0 Å². The van der Waals surface area contributed by atoms with Crippen molar-refractivity contribution >= 4 is 0 Å². The summed E-state index contributed by atoms with van der Waals surface area (Å²) in [6, 6.07) is 9.78. The molecule has 1 aliphatic heterocycles. The van der Waals surface area contributed by atoms with E-state index in [1.807, 2.05) is 26.0 Å². The van der Waals surface area contributed by atoms with Crippen molar-refractivity contribution < 1.29 is 24.6 Å². The Morgan fingerprint density at radius 1 is 1.04 bits per heavy atom. The Labute approximate surface area is 148 Å². The van der Waals surface area contributed by atoms with Gasteiger partial charge in [-0.25, -0.2) is 0 Å². The third kappa shape index (κ3) is 3.37. The summed E-state index contributed by atoms with van der Waals surface area (Å²) in [5, 5.41) is 12.8. The standard InChI is InChI=1S/C20H25NO4/c1-4-24-17-11-13-9-10-21-19(15(13)12-18(17)25-5-2)14-7-6-8-16(23-3)20(14)22/h6-8,11-12,19,21-22H,4-5,9-10H2,1-3H3/p+1. The number of quaternary nitrogens is 1. The number of phenolic OH excluding ortho intramolecular Hbond substituents is 1. The van der Waals surface area contributed by atoms with Crippen molar-refractivity contribution in [2.75, 3.05) is 26.9 Å². The molecule has 0 saturated carbocycles. The molecule has 0 spiro atoms. The SMILES string of the molecule is CCOc1cc2c(cc1OCC)C(c1cccc(OC)c1O)[NH2+]CC2. The summed E-state index contributed by atoms with van der Waals surface area (Å²) in [4.78, 5) is 0. The van der Waals surface area contributed by atoms with Crippen LogP contribution in [0.5, 0.6) is 23.0 Å². The molecule has 0 amide bonds. The molecule has 2 aromatic rings. The summed E-state index contributed by atoms with van der Waals surface area (Å²) in [6.07, 6.45) is 0.961. The minimum Gasteiger partial charge on any atom is -0.504 e. The maximum atomic E-state index is 10.6. The summed E-state index contributed by atoms with van der Waals surface area (Å²) in [6.45, 7) is 6.07. The number of methoxy groups -OCH3 is 1. The number of para-hydroxylation sites is 1. The van der Waals surface area contributed by atoms with Gasteiger partial charge in [0, 0.05) is 12.0 Å². The molecular weight excluding hydrogens is 318 g/mol. The molecule has 3 N–H and O–H groups in total. The predicted octanol–water partition coefficient (Wildman–Crippen LogP) is 2.41. The van der Waals surface area contributed by atoms with Gasteiger partial charge >= 0.3 is 0 Å². The van der Waals surface area contributed by atoms with Gasteiger partial charge in [-0.2, -0.15) is 0 Å². The highest BCUT2D eigenvalue weighted by molar-refractivity contribution is 5.54. The van der Waals surface area contributed by atoms with Gasteiger partial charge in [0.1, 0.15) is 6.04 Å². The molecule has 134 valence electrons. The summed E-state index contributed by atoms with van der Waals surface area (Å²) < 4.78 is 16.8. The number of hydrogen-bond donors (Lipinski definition) is 2. The van der Waals surface area contributed by atoms with Crippen LogP contribution >= 0.6 is 0 Å². The first-order valence-electron chi connectivity index (χ1n) is 8.81. The van der Waals surface area contributed by atoms with E-state index in [1.165, 1.54) is 5.56 Å². The highest BCUT2D eigenvalue weighted by Gasteiger charge is 2.30. The van der Waals surface area contributed by atoms with Gasteiger partial charge in [0.25, 0.3) is 0 Å². The van der Waals surface area contributed by atoms with Crippen LogP contribution in [-0.4, -0.2) is 32.0 Å². The minimum absolute atomic E-state index is 0.00809. The number of benzene rings is 2. The first-order chi connectivity index (χ1) is 12.2. The van der Waals surface area contributed by atoms with Crippen LogP contribution in [0.25, 0.3) is 0 Å². The lowest BCUT2D eigenvalue weighted by molar-refractivity contribution is -0.690. The van der Waals surface area contributed by atoms with Gasteiger partial charge in [-0.3, -0.25) is 0 Å². The van der Waals surface area contributed by atoms with E-state index in [0.29, 0.717) is 19.0 Å². The van der Waals surface area contributed by atoms with Crippen molar-refractivity contribution in [1.82, 2.24) is 0 Å². The van der Waals surface area contributed by atoms with Crippen LogP contribution in [0.1, 0.15) is 36.6 Å². The Morgan fingerprint density at radius 2 is 1.76 bits per heavy atom. The smallest absolute Gasteiger partial charge is 0.167 e. The highest BCUT2D eigenvalue weighted by Crippen LogP contribution is 2.40. The second-order valence-corrected chi connectivity index (χ2v) is 6.01. The molecule has 1 heterocycles. The molecule has 1 unspecified atom stereocenters. The second kappa shape index (κ2) is 7.66. The molecule has 5 nitrogen and oxygen atoms in total. The van der Waals surface area contributed by atoms with E-state index >= 15 is 0 Å². The normalized spacial score (nSPS) is 16.2. The Kier molecular flexibility index (Phi) is 5.34. The lowest BCUT2D eigenvalue weighted by atomic mass is 9.89. The Balaban J connectivity index is 2.08. The van der Waals surface area contributed by atoms with Gasteiger partial charge in [0.15, 0.2) is 23.0 Å². The van der Waals surface area contributed by atoms with E-state index in [4.69, 9.17) is 14.2 Å². The van der Waals surface area contributed by atoms with Crippen LogP contribution in [0.2, 0.25) is 0 Å². The highest BCUT2D eigenvalue weighted by atomic mass is 16.5. The number of phenols is 1. The van der Waals surface area contributed by atoms with Crippen molar-refractivity contribution in [2.45, 2.75) is 26.3 Å². The summed E-state index contributed by atoms with van der Waals surface area (Å²) in [7, 11) is 1.57. The fourth-order valence-corrected chi connectivity index (χ4v) is 3.44. The van der Waals surface area contributed by atoms with Gasteiger partial charge < -0.3 is 24.6 Å². The molecule has 0 saturated heterocycles. The Hall–Kier alpha value is -2.40. The monoisotopic (exact) mass is 344 g/mol. The van der Waals surface area contributed by atoms with E-state index in [-0.39, 0.29) is 11.8 Å².